The molecule has 0 radical (unpaired) electrons. The average molecular weight is 597 g/mol. The number of hydrogen-bond donors (Lipinski definition) is 7. The van der Waals surface area contributed by atoms with E-state index in [9.17, 15) is 19.5 Å². The number of phenolic OH excluding ortho intramolecular Hbond substituents is 1. The van der Waals surface area contributed by atoms with Crippen molar-refractivity contribution in [1.82, 2.24) is 20.2 Å². The van der Waals surface area contributed by atoms with Gasteiger partial charge in [0, 0.05) is 47.9 Å². The van der Waals surface area contributed by atoms with Crippen LogP contribution in [0.15, 0.2) is 77.7 Å². The quantitative estimate of drug-likeness (QED) is 0.0735. The summed E-state index contributed by atoms with van der Waals surface area (Å²) in [4.78, 5) is 44.0. The molecular formula is C32H36N8O4. The molecule has 12 heteroatoms. The van der Waals surface area contributed by atoms with E-state index in [0.29, 0.717) is 34.6 Å². The Morgan fingerprint density at radius 1 is 1.00 bits per heavy atom. The number of benzene rings is 3. The van der Waals surface area contributed by atoms with E-state index in [1.165, 1.54) is 22.9 Å². The largest absolute Gasteiger partial charge is 0.508 e. The van der Waals surface area contributed by atoms with Crippen LogP contribution in [-0.4, -0.2) is 38.3 Å². The maximum Gasteiger partial charge on any atom is 0.294 e. The number of nitrogens with two attached hydrogens (primary N) is 2. The van der Waals surface area contributed by atoms with Crippen LogP contribution in [0.2, 0.25) is 0 Å². The molecule has 228 valence electrons. The summed E-state index contributed by atoms with van der Waals surface area (Å²) in [5.74, 6) is -0.849. The van der Waals surface area contributed by atoms with Crippen LogP contribution in [0.3, 0.4) is 0 Å². The van der Waals surface area contributed by atoms with Gasteiger partial charge in [0.25, 0.3) is 11.5 Å². The van der Waals surface area contributed by atoms with Gasteiger partial charge in [0.15, 0.2) is 5.82 Å². The lowest BCUT2D eigenvalue weighted by Gasteiger charge is -2.17. The molecule has 2 amide bonds. The second kappa shape index (κ2) is 14.0. The van der Waals surface area contributed by atoms with Gasteiger partial charge in [-0.15, -0.1) is 0 Å². The molecule has 0 aliphatic rings. The Labute approximate surface area is 254 Å². The van der Waals surface area contributed by atoms with Crippen molar-refractivity contribution in [1.29, 1.82) is 5.41 Å². The normalized spacial score (nSPS) is 10.8. The molecule has 0 aliphatic heterocycles. The topological polar surface area (TPSA) is 201 Å². The minimum Gasteiger partial charge on any atom is -0.508 e. The highest BCUT2D eigenvalue weighted by Crippen LogP contribution is 2.24. The summed E-state index contributed by atoms with van der Waals surface area (Å²) in [6, 6.07) is 19.0. The van der Waals surface area contributed by atoms with E-state index in [-0.39, 0.29) is 54.4 Å². The van der Waals surface area contributed by atoms with Crippen molar-refractivity contribution in [3.05, 3.63) is 106 Å². The number of phenols is 1. The fourth-order valence-electron chi connectivity index (χ4n) is 4.53. The standard InChI is InChI=1S/C32H36N8O4/c1-19(2)39-30-32(44)40(18-29(42)36-16-21-8-9-22(14-28(34)35)27(41)10-21)26(17-37-30)23-11-24(13-25(33)12-23)31(43)38-15-20-6-4-3-5-7-20/h3-13,17,19,41H,14-16,18,33H2,1-2H3,(H3,34,35)(H,36,42)(H,37,39)(H,38,43). The summed E-state index contributed by atoms with van der Waals surface area (Å²) in [7, 11) is 0. The number of aromatic nitrogens is 2. The minimum atomic E-state index is -0.518. The van der Waals surface area contributed by atoms with Gasteiger partial charge in [-0.25, -0.2) is 4.98 Å². The van der Waals surface area contributed by atoms with E-state index in [1.807, 2.05) is 44.2 Å². The van der Waals surface area contributed by atoms with Crippen molar-refractivity contribution < 1.29 is 14.7 Å². The molecule has 0 saturated carbocycles. The SMILES string of the molecule is CC(C)Nc1ncc(-c2cc(N)cc(C(=O)NCc3ccccc3)c2)n(CC(=O)NCc2ccc(CC(=N)N)c(O)c2)c1=O. The highest BCUT2D eigenvalue weighted by Gasteiger charge is 2.18. The van der Waals surface area contributed by atoms with Gasteiger partial charge in [0.2, 0.25) is 5.91 Å². The van der Waals surface area contributed by atoms with Gasteiger partial charge in [-0.2, -0.15) is 0 Å². The molecule has 0 bridgehead atoms. The molecule has 12 nitrogen and oxygen atoms in total. The van der Waals surface area contributed by atoms with E-state index in [4.69, 9.17) is 16.9 Å². The zero-order valence-corrected chi connectivity index (χ0v) is 24.6. The lowest BCUT2D eigenvalue weighted by atomic mass is 10.1. The van der Waals surface area contributed by atoms with Crippen molar-refractivity contribution in [2.75, 3.05) is 11.1 Å². The Kier molecular flexibility index (Phi) is 9.96. The molecule has 0 aliphatic carbocycles. The summed E-state index contributed by atoms with van der Waals surface area (Å²) < 4.78 is 1.28. The fraction of sp³-hybridized carbons (Fsp3) is 0.219. The molecule has 3 aromatic carbocycles. The van der Waals surface area contributed by atoms with Gasteiger partial charge in [-0.3, -0.25) is 24.4 Å². The van der Waals surface area contributed by atoms with Crippen LogP contribution in [-0.2, 0) is 30.8 Å². The number of rotatable bonds is 12. The number of amidine groups is 1. The van der Waals surface area contributed by atoms with E-state index in [1.54, 1.807) is 24.3 Å². The van der Waals surface area contributed by atoms with E-state index < -0.39 is 11.5 Å². The monoisotopic (exact) mass is 596 g/mol. The Morgan fingerprint density at radius 3 is 2.41 bits per heavy atom. The molecule has 0 atom stereocenters. The third-order valence-corrected chi connectivity index (χ3v) is 6.61. The minimum absolute atomic E-state index is 0.0331. The van der Waals surface area contributed by atoms with Gasteiger partial charge in [0.1, 0.15) is 12.3 Å². The summed E-state index contributed by atoms with van der Waals surface area (Å²) in [6.07, 6.45) is 1.57. The van der Waals surface area contributed by atoms with Gasteiger partial charge < -0.3 is 32.5 Å². The van der Waals surface area contributed by atoms with Crippen LogP contribution in [0, 0.1) is 5.41 Å². The summed E-state index contributed by atoms with van der Waals surface area (Å²) in [5, 5.41) is 26.3. The number of amides is 2. The maximum atomic E-state index is 13.5. The van der Waals surface area contributed by atoms with Crippen LogP contribution < -0.4 is 33.0 Å². The zero-order chi connectivity index (χ0) is 31.8. The number of carbonyl (C=O) groups is 2. The lowest BCUT2D eigenvalue weighted by molar-refractivity contribution is -0.121. The molecule has 0 fully saturated rings. The molecule has 1 heterocycles. The first-order chi connectivity index (χ1) is 21.0. The van der Waals surface area contributed by atoms with Crippen molar-refractivity contribution >= 4 is 29.2 Å². The van der Waals surface area contributed by atoms with Crippen LogP contribution in [0.25, 0.3) is 11.3 Å². The number of carbonyl (C=O) groups excluding carboxylic acids is 2. The van der Waals surface area contributed by atoms with Crippen molar-refractivity contribution in [2.24, 2.45) is 5.73 Å². The smallest absolute Gasteiger partial charge is 0.294 e. The van der Waals surface area contributed by atoms with E-state index in [2.05, 4.69) is 20.9 Å². The number of aromatic hydroxyl groups is 1. The Balaban J connectivity index is 1.59. The molecule has 4 aromatic rings. The first-order valence-electron chi connectivity index (χ1n) is 14.0. The predicted molar refractivity (Wildman–Crippen MR) is 170 cm³/mol. The summed E-state index contributed by atoms with van der Waals surface area (Å²) in [5.41, 5.74) is 14.5. The van der Waals surface area contributed by atoms with E-state index in [0.717, 1.165) is 5.56 Å². The highest BCUT2D eigenvalue weighted by molar-refractivity contribution is 5.96. The Hall–Kier alpha value is -5.65. The fourth-order valence-corrected chi connectivity index (χ4v) is 4.53. The van der Waals surface area contributed by atoms with Crippen LogP contribution in [0.5, 0.6) is 5.75 Å². The van der Waals surface area contributed by atoms with Crippen molar-refractivity contribution in [3.63, 3.8) is 0 Å². The lowest BCUT2D eigenvalue weighted by Crippen LogP contribution is -2.35. The second-order valence-electron chi connectivity index (χ2n) is 10.6. The molecule has 1 aromatic heterocycles. The molecule has 0 spiro atoms. The maximum absolute atomic E-state index is 13.5. The molecule has 0 saturated heterocycles. The van der Waals surface area contributed by atoms with Crippen LogP contribution in [0.1, 0.15) is 40.9 Å². The van der Waals surface area contributed by atoms with Gasteiger partial charge >= 0.3 is 0 Å². The number of nitrogen functional groups attached to an aromatic ring is 1. The molecule has 0 unspecified atom stereocenters. The van der Waals surface area contributed by atoms with Gasteiger partial charge in [-0.1, -0.05) is 42.5 Å². The first-order valence-corrected chi connectivity index (χ1v) is 14.0. The zero-order valence-electron chi connectivity index (χ0n) is 24.6. The number of anilines is 2. The third kappa shape index (κ3) is 8.22. The molecule has 4 rings (SSSR count). The van der Waals surface area contributed by atoms with Gasteiger partial charge in [0.05, 0.1) is 17.7 Å². The number of nitrogens with one attached hydrogen (secondary N) is 4. The molecule has 9 N–H and O–H groups in total. The molecular weight excluding hydrogens is 560 g/mol. The number of nitrogens with zero attached hydrogens (tertiary/aromatic N) is 2. The summed E-state index contributed by atoms with van der Waals surface area (Å²) >= 11 is 0. The summed E-state index contributed by atoms with van der Waals surface area (Å²) in [6.45, 7) is 3.79. The van der Waals surface area contributed by atoms with Crippen molar-refractivity contribution in [2.45, 2.75) is 45.9 Å². The van der Waals surface area contributed by atoms with Gasteiger partial charge in [-0.05, 0) is 49.2 Å². The Bertz CT molecular complexity index is 1730. The number of hydrogen-bond acceptors (Lipinski definition) is 8. The van der Waals surface area contributed by atoms with Crippen LogP contribution in [0.4, 0.5) is 11.5 Å². The van der Waals surface area contributed by atoms with E-state index >= 15 is 0 Å². The Morgan fingerprint density at radius 2 is 1.73 bits per heavy atom. The third-order valence-electron chi connectivity index (χ3n) is 6.61. The highest BCUT2D eigenvalue weighted by atomic mass is 16.3. The average Bonchev–Trinajstić information content (AvgIpc) is 2.98. The first kappa shape index (κ1) is 31.3. The van der Waals surface area contributed by atoms with Crippen molar-refractivity contribution in [3.8, 4) is 17.0 Å². The second-order valence-corrected chi connectivity index (χ2v) is 10.6. The predicted octanol–water partition coefficient (Wildman–Crippen LogP) is 2.74. The van der Waals surface area contributed by atoms with Crippen LogP contribution >= 0.6 is 0 Å². The molecule has 44 heavy (non-hydrogen) atoms.